The van der Waals surface area contributed by atoms with E-state index < -0.39 is 45.0 Å². The van der Waals surface area contributed by atoms with Gasteiger partial charge in [0.1, 0.15) is 6.04 Å². The molecule has 0 radical (unpaired) electrons. The number of aliphatic hydroxyl groups excluding tert-OH is 2. The molecule has 0 amide bonds. The average molecular weight is 308 g/mol. The van der Waals surface area contributed by atoms with Crippen molar-refractivity contribution in [2.45, 2.75) is 30.6 Å². The van der Waals surface area contributed by atoms with Gasteiger partial charge in [0.2, 0.25) is 0 Å². The minimum absolute atomic E-state index is 0.456. The Labute approximate surface area is 112 Å². The van der Waals surface area contributed by atoms with Crippen LogP contribution in [0.25, 0.3) is 20.9 Å². The van der Waals surface area contributed by atoms with Crippen LogP contribution < -0.4 is 0 Å². The van der Waals surface area contributed by atoms with Crippen molar-refractivity contribution in [1.82, 2.24) is 0 Å². The summed E-state index contributed by atoms with van der Waals surface area (Å²) in [6, 6.07) is -2.09. The summed E-state index contributed by atoms with van der Waals surface area (Å²) in [5.41, 5.74) is 17.0. The largest absolute Gasteiger partial charge is 0.394 e. The molecule has 12 heteroatoms. The molecule has 0 aromatic heterocycles. The van der Waals surface area contributed by atoms with Crippen LogP contribution in [0, 0.1) is 0 Å². The molecule has 106 valence electrons. The van der Waals surface area contributed by atoms with Gasteiger partial charge in [-0.15, -0.1) is 0 Å². The van der Waals surface area contributed by atoms with Gasteiger partial charge in [-0.3, -0.25) is 0 Å². The molecule has 0 aliphatic carbocycles. The molecule has 10 nitrogen and oxygen atoms in total. The molecule has 1 aliphatic rings. The van der Waals surface area contributed by atoms with Crippen LogP contribution in [0.3, 0.4) is 0 Å². The Kier molecular flexibility index (Phi) is 6.72. The predicted molar refractivity (Wildman–Crippen MR) is 71.3 cm³/mol. The van der Waals surface area contributed by atoms with Gasteiger partial charge in [-0.05, 0) is 17.7 Å². The monoisotopic (exact) mass is 308 g/mol. The third kappa shape index (κ3) is 4.14. The standard InChI is InChI=1S/C7H14N6O4P2/c1-19(18)17-7-5(11-13-9)6(15)4(10-12-8)3(2-14)16-7/h3-7,14-15H,2,18H2,1H3/t3?,4-,5?,6+,7+,19?/m1/s1. The first kappa shape index (κ1) is 16.4. The Morgan fingerprint density at radius 2 is 1.95 bits per heavy atom. The fraction of sp³-hybridized carbons (Fsp3) is 1.00. The normalized spacial score (nSPS) is 35.9. The van der Waals surface area contributed by atoms with E-state index in [0.717, 1.165) is 0 Å². The Balaban J connectivity index is 3.01. The van der Waals surface area contributed by atoms with Gasteiger partial charge >= 0.3 is 0 Å². The summed E-state index contributed by atoms with van der Waals surface area (Å²) in [6.45, 7) is 1.32. The number of hydrogen-bond acceptors (Lipinski definition) is 6. The van der Waals surface area contributed by atoms with E-state index in [1.54, 1.807) is 6.66 Å². The van der Waals surface area contributed by atoms with E-state index in [-0.39, 0.29) is 0 Å². The maximum atomic E-state index is 10.1. The molecule has 4 unspecified atom stereocenters. The first-order valence-electron chi connectivity index (χ1n) is 5.23. The first-order valence-corrected chi connectivity index (χ1v) is 8.55. The van der Waals surface area contributed by atoms with Gasteiger partial charge in [0.05, 0.1) is 24.9 Å². The molecule has 0 aromatic rings. The lowest BCUT2D eigenvalue weighted by Crippen LogP contribution is -2.57. The van der Waals surface area contributed by atoms with Crippen molar-refractivity contribution >= 4 is 16.8 Å². The smallest absolute Gasteiger partial charge is 0.173 e. The van der Waals surface area contributed by atoms with E-state index >= 15 is 0 Å². The summed E-state index contributed by atoms with van der Waals surface area (Å²) < 4.78 is 10.8. The third-order valence-corrected chi connectivity index (χ3v) is 3.39. The molecule has 1 aliphatic heterocycles. The van der Waals surface area contributed by atoms with E-state index in [2.05, 4.69) is 29.0 Å². The molecule has 19 heavy (non-hydrogen) atoms. The van der Waals surface area contributed by atoms with E-state index in [4.69, 9.17) is 20.3 Å². The van der Waals surface area contributed by atoms with E-state index in [1.807, 2.05) is 0 Å². The van der Waals surface area contributed by atoms with E-state index in [9.17, 15) is 10.2 Å². The van der Waals surface area contributed by atoms with Crippen molar-refractivity contribution in [3.8, 4) is 0 Å². The number of nitrogens with zero attached hydrogens (tertiary/aromatic N) is 6. The van der Waals surface area contributed by atoms with Gasteiger partial charge in [0.25, 0.3) is 0 Å². The lowest BCUT2D eigenvalue weighted by molar-refractivity contribution is -0.199. The van der Waals surface area contributed by atoms with Crippen molar-refractivity contribution in [3.63, 3.8) is 0 Å². The summed E-state index contributed by atoms with van der Waals surface area (Å²) in [4.78, 5) is 5.21. The zero-order valence-corrected chi connectivity index (χ0v) is 12.1. The van der Waals surface area contributed by atoms with Gasteiger partial charge in [0, 0.05) is 17.7 Å². The molecule has 1 fully saturated rings. The number of rotatable bonds is 5. The van der Waals surface area contributed by atoms with Crippen molar-refractivity contribution in [3.05, 3.63) is 20.9 Å². The zero-order valence-electron chi connectivity index (χ0n) is 10.0. The molecule has 0 spiro atoms. The SMILES string of the molecule is CP(P)O[C@@H]1OC(CO)[C@@H](N=[N+]=[N-])[C@H](O)C1N=[N+]=[N-]. The number of hydrogen-bond donors (Lipinski definition) is 2. The fourth-order valence-corrected chi connectivity index (χ4v) is 2.56. The number of ether oxygens (including phenoxy) is 1. The Morgan fingerprint density at radius 1 is 1.37 bits per heavy atom. The van der Waals surface area contributed by atoms with Crippen LogP contribution in [0.15, 0.2) is 10.2 Å². The fourth-order valence-electron chi connectivity index (χ4n) is 1.70. The van der Waals surface area contributed by atoms with Crippen molar-refractivity contribution in [2.24, 2.45) is 10.2 Å². The maximum absolute atomic E-state index is 10.1. The van der Waals surface area contributed by atoms with Gasteiger partial charge in [-0.1, -0.05) is 19.2 Å². The van der Waals surface area contributed by atoms with Gasteiger partial charge in [-0.2, -0.15) is 0 Å². The van der Waals surface area contributed by atoms with Gasteiger partial charge in [0.15, 0.2) is 6.29 Å². The summed E-state index contributed by atoms with van der Waals surface area (Å²) in [5.74, 6) is 0. The molecular formula is C7H14N6O4P2. The highest BCUT2D eigenvalue weighted by Crippen LogP contribution is 2.45. The van der Waals surface area contributed by atoms with Gasteiger partial charge < -0.3 is 19.5 Å². The van der Waals surface area contributed by atoms with Crippen LogP contribution in [0.5, 0.6) is 0 Å². The quantitative estimate of drug-likeness (QED) is 0.339. The minimum Gasteiger partial charge on any atom is -0.394 e. The van der Waals surface area contributed by atoms with Crippen molar-refractivity contribution in [2.75, 3.05) is 13.3 Å². The summed E-state index contributed by atoms with van der Waals surface area (Å²) in [6.07, 6.45) is -3.20. The minimum atomic E-state index is -1.29. The molecular weight excluding hydrogens is 294 g/mol. The Morgan fingerprint density at radius 3 is 2.42 bits per heavy atom. The van der Waals surface area contributed by atoms with Crippen molar-refractivity contribution in [1.29, 1.82) is 0 Å². The van der Waals surface area contributed by atoms with E-state index in [0.29, 0.717) is 0 Å². The third-order valence-electron chi connectivity index (χ3n) is 2.49. The Bertz CT molecular complexity index is 399. The molecule has 0 saturated carbocycles. The molecule has 7 atom stereocenters. The lowest BCUT2D eigenvalue weighted by atomic mass is 9.96. The highest BCUT2D eigenvalue weighted by molar-refractivity contribution is 8.10. The highest BCUT2D eigenvalue weighted by atomic mass is 32.0. The second-order valence-electron chi connectivity index (χ2n) is 3.76. The van der Waals surface area contributed by atoms with Crippen LogP contribution in [0.1, 0.15) is 0 Å². The second-order valence-corrected chi connectivity index (χ2v) is 7.24. The molecule has 1 rings (SSSR count). The highest BCUT2D eigenvalue weighted by Gasteiger charge is 2.45. The van der Waals surface area contributed by atoms with Gasteiger partial charge in [-0.25, -0.2) is 0 Å². The zero-order chi connectivity index (χ0) is 14.4. The molecule has 1 heterocycles. The summed E-state index contributed by atoms with van der Waals surface area (Å²) >= 11 is 0. The summed E-state index contributed by atoms with van der Waals surface area (Å²) in [7, 11) is 1.51. The van der Waals surface area contributed by atoms with Crippen LogP contribution >= 0.6 is 16.8 Å². The number of azide groups is 2. The average Bonchev–Trinajstić information content (AvgIpc) is 2.36. The first-order chi connectivity index (χ1) is 9.04. The lowest BCUT2D eigenvalue weighted by Gasteiger charge is -2.41. The van der Waals surface area contributed by atoms with Crippen LogP contribution in [-0.2, 0) is 9.26 Å². The second kappa shape index (κ2) is 7.80. The van der Waals surface area contributed by atoms with E-state index in [1.165, 1.54) is 0 Å². The number of aliphatic hydroxyl groups is 2. The maximum Gasteiger partial charge on any atom is 0.173 e. The molecule has 1 saturated heterocycles. The van der Waals surface area contributed by atoms with Crippen molar-refractivity contribution < 1.29 is 19.5 Å². The summed E-state index contributed by atoms with van der Waals surface area (Å²) in [5, 5.41) is 26.1. The van der Waals surface area contributed by atoms with Crippen LogP contribution in [0.4, 0.5) is 0 Å². The van der Waals surface area contributed by atoms with Crippen LogP contribution in [-0.4, -0.2) is 54.1 Å². The van der Waals surface area contributed by atoms with Crippen LogP contribution in [0.2, 0.25) is 0 Å². The topological polar surface area (TPSA) is 156 Å². The Hall–Kier alpha value is -0.680. The molecule has 0 bridgehead atoms. The predicted octanol–water partition coefficient (Wildman–Crippen LogP) is 1.26. The molecule has 2 N–H and O–H groups in total. The molecule has 0 aromatic carbocycles.